The number of alkyl halides is 3. The minimum Gasteiger partial charge on any atom is -0.398 e. The van der Waals surface area contributed by atoms with Crippen LogP contribution < -0.4 is 11.1 Å². The predicted molar refractivity (Wildman–Crippen MR) is 78.5 cm³/mol. The second kappa shape index (κ2) is 5.92. The van der Waals surface area contributed by atoms with E-state index in [4.69, 9.17) is 5.73 Å². The molecule has 0 heterocycles. The lowest BCUT2D eigenvalue weighted by atomic mass is 10.1. The van der Waals surface area contributed by atoms with Crippen LogP contribution in [-0.4, -0.2) is 19.8 Å². The van der Waals surface area contributed by atoms with E-state index in [9.17, 15) is 26.4 Å². The van der Waals surface area contributed by atoms with E-state index < -0.39 is 26.1 Å². The molecule has 0 spiro atoms. The molecule has 0 saturated carbocycles. The third kappa shape index (κ3) is 3.45. The maximum Gasteiger partial charge on any atom is 0.501 e. The highest BCUT2D eigenvalue weighted by Gasteiger charge is 2.46. The topological polar surface area (TPSA) is 89.3 Å². The molecule has 0 atom stereocenters. The van der Waals surface area contributed by atoms with Crippen molar-refractivity contribution >= 4 is 27.1 Å². The fourth-order valence-electron chi connectivity index (χ4n) is 1.78. The maximum absolute atomic E-state index is 12.5. The fraction of sp³-hybridized carbons (Fsp3) is 0.0714. The average molecular weight is 344 g/mol. The molecular formula is C14H11F3N2O3S. The molecule has 2 aromatic carbocycles. The number of amides is 1. The SMILES string of the molecule is Nc1ccccc1C(=O)Nc1cccc(S(=O)(=O)C(F)(F)F)c1. The van der Waals surface area contributed by atoms with Crippen LogP contribution >= 0.6 is 0 Å². The van der Waals surface area contributed by atoms with Gasteiger partial charge in [-0.05, 0) is 30.3 Å². The van der Waals surface area contributed by atoms with Crippen molar-refractivity contribution in [2.24, 2.45) is 0 Å². The fourth-order valence-corrected chi connectivity index (χ4v) is 2.58. The number of nitrogen functional groups attached to an aromatic ring is 1. The van der Waals surface area contributed by atoms with Crippen molar-refractivity contribution in [3.63, 3.8) is 0 Å². The molecule has 0 aliphatic carbocycles. The molecule has 0 saturated heterocycles. The summed E-state index contributed by atoms with van der Waals surface area (Å²) < 4.78 is 60.3. The smallest absolute Gasteiger partial charge is 0.398 e. The van der Waals surface area contributed by atoms with Gasteiger partial charge in [0.15, 0.2) is 0 Å². The number of para-hydroxylation sites is 1. The van der Waals surface area contributed by atoms with Gasteiger partial charge in [0, 0.05) is 11.4 Å². The number of nitrogens with one attached hydrogen (secondary N) is 1. The minimum atomic E-state index is -5.48. The summed E-state index contributed by atoms with van der Waals surface area (Å²) in [5.41, 5.74) is 0.421. The first kappa shape index (κ1) is 16.8. The Labute approximate surface area is 129 Å². The number of carbonyl (C=O) groups is 1. The van der Waals surface area contributed by atoms with Gasteiger partial charge < -0.3 is 11.1 Å². The molecule has 122 valence electrons. The molecule has 0 aliphatic rings. The molecule has 0 aliphatic heterocycles. The number of benzene rings is 2. The molecule has 2 rings (SSSR count). The van der Waals surface area contributed by atoms with E-state index >= 15 is 0 Å². The molecule has 0 unspecified atom stereocenters. The van der Waals surface area contributed by atoms with Crippen molar-refractivity contribution in [2.75, 3.05) is 11.1 Å². The van der Waals surface area contributed by atoms with Crippen LogP contribution in [0.25, 0.3) is 0 Å². The second-order valence-corrected chi connectivity index (χ2v) is 6.46. The van der Waals surface area contributed by atoms with E-state index in [-0.39, 0.29) is 16.9 Å². The summed E-state index contributed by atoms with van der Waals surface area (Å²) in [6.45, 7) is 0. The van der Waals surface area contributed by atoms with Crippen molar-refractivity contribution in [1.29, 1.82) is 0 Å². The lowest BCUT2D eigenvalue weighted by Crippen LogP contribution is -2.23. The first-order valence-corrected chi connectivity index (χ1v) is 7.68. The lowest BCUT2D eigenvalue weighted by Gasteiger charge is -2.11. The number of nitrogens with two attached hydrogens (primary N) is 1. The highest BCUT2D eigenvalue weighted by molar-refractivity contribution is 7.92. The van der Waals surface area contributed by atoms with Crippen LogP contribution in [0.2, 0.25) is 0 Å². The number of halogens is 3. The Bertz CT molecular complexity index is 848. The highest BCUT2D eigenvalue weighted by Crippen LogP contribution is 2.31. The Morgan fingerprint density at radius 2 is 1.70 bits per heavy atom. The number of rotatable bonds is 3. The lowest BCUT2D eigenvalue weighted by molar-refractivity contribution is -0.0435. The van der Waals surface area contributed by atoms with E-state index in [0.29, 0.717) is 0 Å². The van der Waals surface area contributed by atoms with Crippen LogP contribution in [0.15, 0.2) is 53.4 Å². The van der Waals surface area contributed by atoms with Crippen molar-refractivity contribution in [1.82, 2.24) is 0 Å². The van der Waals surface area contributed by atoms with E-state index in [1.165, 1.54) is 18.2 Å². The van der Waals surface area contributed by atoms with Crippen molar-refractivity contribution in [2.45, 2.75) is 10.4 Å². The molecule has 3 N–H and O–H groups in total. The minimum absolute atomic E-state index is 0.0939. The first-order chi connectivity index (χ1) is 10.6. The third-order valence-corrected chi connectivity index (χ3v) is 4.40. The van der Waals surface area contributed by atoms with Crippen LogP contribution in [0.5, 0.6) is 0 Å². The van der Waals surface area contributed by atoms with Crippen molar-refractivity contribution in [3.8, 4) is 0 Å². The highest BCUT2D eigenvalue weighted by atomic mass is 32.2. The van der Waals surface area contributed by atoms with Gasteiger partial charge in [-0.25, -0.2) is 8.42 Å². The van der Waals surface area contributed by atoms with Crippen LogP contribution in [0.4, 0.5) is 24.5 Å². The molecule has 23 heavy (non-hydrogen) atoms. The number of anilines is 2. The molecule has 5 nitrogen and oxygen atoms in total. The number of hydrogen-bond acceptors (Lipinski definition) is 4. The summed E-state index contributed by atoms with van der Waals surface area (Å²) >= 11 is 0. The molecule has 0 radical (unpaired) electrons. The monoisotopic (exact) mass is 344 g/mol. The average Bonchev–Trinajstić information content (AvgIpc) is 2.46. The quantitative estimate of drug-likeness (QED) is 0.838. The zero-order valence-corrected chi connectivity index (χ0v) is 12.3. The molecule has 1 amide bonds. The maximum atomic E-state index is 12.5. The van der Waals surface area contributed by atoms with Gasteiger partial charge in [-0.15, -0.1) is 0 Å². The van der Waals surface area contributed by atoms with Crippen LogP contribution in [0, 0.1) is 0 Å². The van der Waals surface area contributed by atoms with Gasteiger partial charge in [-0.2, -0.15) is 13.2 Å². The van der Waals surface area contributed by atoms with Crippen LogP contribution in [-0.2, 0) is 9.84 Å². The Kier molecular flexibility index (Phi) is 4.33. The summed E-state index contributed by atoms with van der Waals surface area (Å²) in [7, 11) is -5.48. The van der Waals surface area contributed by atoms with Crippen LogP contribution in [0.3, 0.4) is 0 Å². The Balaban J connectivity index is 2.32. The largest absolute Gasteiger partial charge is 0.501 e. The molecule has 0 bridgehead atoms. The van der Waals surface area contributed by atoms with Crippen molar-refractivity contribution in [3.05, 3.63) is 54.1 Å². The first-order valence-electron chi connectivity index (χ1n) is 6.20. The van der Waals surface area contributed by atoms with Gasteiger partial charge in [0.2, 0.25) is 0 Å². The molecular weight excluding hydrogens is 333 g/mol. The Morgan fingerprint density at radius 1 is 1.04 bits per heavy atom. The van der Waals surface area contributed by atoms with Gasteiger partial charge in [0.25, 0.3) is 15.7 Å². The summed E-state index contributed by atoms with van der Waals surface area (Å²) in [5, 5.41) is 2.31. The molecule has 2 aromatic rings. The molecule has 0 aromatic heterocycles. The van der Waals surface area contributed by atoms with E-state index in [1.807, 2.05) is 0 Å². The zero-order valence-electron chi connectivity index (χ0n) is 11.5. The van der Waals surface area contributed by atoms with Gasteiger partial charge >= 0.3 is 5.51 Å². The molecule has 9 heteroatoms. The van der Waals surface area contributed by atoms with Gasteiger partial charge in [-0.1, -0.05) is 18.2 Å². The Morgan fingerprint density at radius 3 is 2.30 bits per heavy atom. The van der Waals surface area contributed by atoms with Crippen molar-refractivity contribution < 1.29 is 26.4 Å². The molecule has 0 fully saturated rings. The van der Waals surface area contributed by atoms with E-state index in [2.05, 4.69) is 5.32 Å². The standard InChI is InChI=1S/C14H11F3N2O3S/c15-14(16,17)23(21,22)10-5-3-4-9(8-10)19-13(20)11-6-1-2-7-12(11)18/h1-8H,18H2,(H,19,20). The summed E-state index contributed by atoms with van der Waals surface area (Å²) in [5.74, 6) is -0.662. The van der Waals surface area contributed by atoms with Crippen LogP contribution in [0.1, 0.15) is 10.4 Å². The third-order valence-electron chi connectivity index (χ3n) is 2.91. The zero-order chi connectivity index (χ0) is 17.3. The Hall–Kier alpha value is -2.55. The van der Waals surface area contributed by atoms with E-state index in [0.717, 1.165) is 18.2 Å². The summed E-state index contributed by atoms with van der Waals surface area (Å²) in [4.78, 5) is 11.1. The summed E-state index contributed by atoms with van der Waals surface area (Å²) in [6, 6.07) is 10.0. The summed E-state index contributed by atoms with van der Waals surface area (Å²) in [6.07, 6.45) is 0. The number of sulfone groups is 1. The number of hydrogen-bond donors (Lipinski definition) is 2. The van der Waals surface area contributed by atoms with E-state index in [1.54, 1.807) is 12.1 Å². The normalized spacial score (nSPS) is 12.0. The predicted octanol–water partition coefficient (Wildman–Crippen LogP) is 2.81. The second-order valence-electron chi connectivity index (χ2n) is 4.52. The van der Waals surface area contributed by atoms with Gasteiger partial charge in [-0.3, -0.25) is 4.79 Å². The number of carbonyl (C=O) groups excluding carboxylic acids is 1. The van der Waals surface area contributed by atoms with Gasteiger partial charge in [0.1, 0.15) is 0 Å². The van der Waals surface area contributed by atoms with Gasteiger partial charge in [0.05, 0.1) is 10.5 Å².